The maximum absolute atomic E-state index is 12.5. The van der Waals surface area contributed by atoms with Crippen LogP contribution in [-0.2, 0) is 21.4 Å². The number of piperidine rings is 1. The molecule has 6 heteroatoms. The quantitative estimate of drug-likeness (QED) is 0.271. The van der Waals surface area contributed by atoms with Gasteiger partial charge < -0.3 is 23.8 Å². The lowest BCUT2D eigenvalue weighted by atomic mass is 9.49. The van der Waals surface area contributed by atoms with E-state index in [1.54, 1.807) is 0 Å². The van der Waals surface area contributed by atoms with E-state index >= 15 is 0 Å². The highest BCUT2D eigenvalue weighted by Crippen LogP contribution is 2.68. The summed E-state index contributed by atoms with van der Waals surface area (Å²) in [5.41, 5.74) is 0.258. The van der Waals surface area contributed by atoms with Crippen LogP contribution in [0.4, 0.5) is 0 Å². The Morgan fingerprint density at radius 1 is 1.33 bits per heavy atom. The molecule has 3 aliphatic heterocycles. The van der Waals surface area contributed by atoms with E-state index in [2.05, 4.69) is 19.2 Å². The second-order valence-corrected chi connectivity index (χ2v) is 10.7. The zero-order valence-corrected chi connectivity index (χ0v) is 17.5. The van der Waals surface area contributed by atoms with Gasteiger partial charge in [-0.15, -0.1) is 0 Å². The smallest absolute Gasteiger partial charge is 0.308 e. The zero-order valence-electron chi connectivity index (χ0n) is 17.5. The third-order valence-electron chi connectivity index (χ3n) is 8.91. The highest BCUT2D eigenvalue weighted by atomic mass is 16.6. The zero-order chi connectivity index (χ0) is 20.5. The van der Waals surface area contributed by atoms with Crippen molar-refractivity contribution in [1.29, 1.82) is 0 Å². The standard InChI is InChI=1S/C24H28NO5/c1-14(26)29-17-6-5-16-11-18-24(27)8-7-22(13-28-22)21-23(24,19(16)20(17)30-21)9-10-25(18,2)12-15-3-4-15/h5-8,15,18,21,27H,3-4,9-13H2,1-2H3/q+1. The van der Waals surface area contributed by atoms with Gasteiger partial charge in [0.1, 0.15) is 23.3 Å². The molecule has 0 aromatic heterocycles. The number of rotatable bonds is 3. The molecule has 1 aromatic rings. The van der Waals surface area contributed by atoms with Crippen molar-refractivity contribution in [2.45, 2.75) is 61.4 Å². The predicted octanol–water partition coefficient (Wildman–Crippen LogP) is 1.87. The van der Waals surface area contributed by atoms with Gasteiger partial charge in [0.25, 0.3) is 0 Å². The predicted molar refractivity (Wildman–Crippen MR) is 107 cm³/mol. The monoisotopic (exact) mass is 410 g/mol. The van der Waals surface area contributed by atoms with Crippen molar-refractivity contribution in [2.75, 3.05) is 26.7 Å². The van der Waals surface area contributed by atoms with Crippen LogP contribution in [0.3, 0.4) is 0 Å². The second-order valence-electron chi connectivity index (χ2n) is 10.7. The maximum Gasteiger partial charge on any atom is 0.308 e. The summed E-state index contributed by atoms with van der Waals surface area (Å²) in [5, 5.41) is 12.5. The average Bonchev–Trinajstić information content (AvgIpc) is 3.61. The molecule has 3 aliphatic carbocycles. The molecule has 30 heavy (non-hydrogen) atoms. The summed E-state index contributed by atoms with van der Waals surface area (Å²) < 4.78 is 19.0. The van der Waals surface area contributed by atoms with E-state index in [0.717, 1.165) is 41.9 Å². The highest BCUT2D eigenvalue weighted by molar-refractivity contribution is 5.73. The molecule has 0 amide bonds. The van der Waals surface area contributed by atoms with E-state index in [9.17, 15) is 9.90 Å². The fourth-order valence-electron chi connectivity index (χ4n) is 7.35. The van der Waals surface area contributed by atoms with Gasteiger partial charge in [0.05, 0.1) is 32.2 Å². The number of likely N-dealkylation sites (N-methyl/N-ethyl adjacent to an activating group) is 1. The van der Waals surface area contributed by atoms with E-state index in [4.69, 9.17) is 14.2 Å². The molecule has 3 heterocycles. The molecule has 6 atom stereocenters. The molecule has 2 saturated heterocycles. The molecule has 1 aromatic carbocycles. The van der Waals surface area contributed by atoms with Gasteiger partial charge in [0.2, 0.25) is 0 Å². The van der Waals surface area contributed by atoms with E-state index < -0.39 is 16.6 Å². The van der Waals surface area contributed by atoms with Crippen molar-refractivity contribution in [3.8, 4) is 11.5 Å². The van der Waals surface area contributed by atoms with Crippen molar-refractivity contribution in [3.63, 3.8) is 0 Å². The largest absolute Gasteiger partial charge is 0.482 e. The third kappa shape index (κ3) is 1.90. The van der Waals surface area contributed by atoms with Crippen molar-refractivity contribution < 1.29 is 28.6 Å². The summed E-state index contributed by atoms with van der Waals surface area (Å²) in [6.07, 6.45) is 8.08. The third-order valence-corrected chi connectivity index (χ3v) is 8.91. The normalized spacial score (nSPS) is 46.4. The number of quaternary nitrogens is 1. The maximum atomic E-state index is 12.5. The van der Waals surface area contributed by atoms with Crippen molar-refractivity contribution in [1.82, 2.24) is 0 Å². The molecule has 2 bridgehead atoms. The van der Waals surface area contributed by atoms with Crippen molar-refractivity contribution in [2.24, 2.45) is 5.92 Å². The van der Waals surface area contributed by atoms with Gasteiger partial charge in [0.15, 0.2) is 11.5 Å². The van der Waals surface area contributed by atoms with E-state index in [0.29, 0.717) is 18.1 Å². The number of fused-ring (bicyclic) bond motifs is 1. The van der Waals surface area contributed by atoms with Crippen LogP contribution in [0, 0.1) is 5.92 Å². The van der Waals surface area contributed by atoms with Gasteiger partial charge >= 0.3 is 5.97 Å². The second kappa shape index (κ2) is 5.12. The van der Waals surface area contributed by atoms with Gasteiger partial charge in [-0.1, -0.05) is 6.07 Å². The lowest BCUT2D eigenvalue weighted by Crippen LogP contribution is -2.80. The summed E-state index contributed by atoms with van der Waals surface area (Å²) in [6.45, 7) is 4.17. The summed E-state index contributed by atoms with van der Waals surface area (Å²) in [4.78, 5) is 11.7. The molecule has 158 valence electrons. The van der Waals surface area contributed by atoms with Crippen LogP contribution in [-0.4, -0.2) is 65.7 Å². The summed E-state index contributed by atoms with van der Waals surface area (Å²) in [5.74, 6) is 1.53. The first kappa shape index (κ1) is 17.8. The summed E-state index contributed by atoms with van der Waals surface area (Å²) in [6, 6.07) is 4.04. The summed E-state index contributed by atoms with van der Waals surface area (Å²) in [7, 11) is 2.34. The fraction of sp³-hybridized carbons (Fsp3) is 0.625. The topological polar surface area (TPSA) is 68.3 Å². The molecule has 3 fully saturated rings. The highest BCUT2D eigenvalue weighted by Gasteiger charge is 2.80. The number of likely N-dealkylation sites (tertiary alicyclic amines) is 1. The van der Waals surface area contributed by atoms with Gasteiger partial charge in [0, 0.05) is 31.2 Å². The first-order valence-corrected chi connectivity index (χ1v) is 11.2. The minimum Gasteiger partial charge on any atom is -0.482 e. The Kier molecular flexibility index (Phi) is 3.03. The van der Waals surface area contributed by atoms with E-state index in [-0.39, 0.29) is 18.1 Å². The van der Waals surface area contributed by atoms with Crippen LogP contribution in [0.1, 0.15) is 37.3 Å². The lowest BCUT2D eigenvalue weighted by molar-refractivity contribution is -0.949. The Bertz CT molecular complexity index is 1030. The molecular weight excluding hydrogens is 382 g/mol. The van der Waals surface area contributed by atoms with Crippen LogP contribution in [0.15, 0.2) is 24.3 Å². The minimum atomic E-state index is -0.996. The first-order chi connectivity index (χ1) is 14.3. The number of aliphatic hydroxyl groups is 1. The van der Waals surface area contributed by atoms with Crippen molar-refractivity contribution in [3.05, 3.63) is 35.4 Å². The first-order valence-electron chi connectivity index (χ1n) is 11.2. The molecule has 6 aliphatic rings. The lowest BCUT2D eigenvalue weighted by Gasteiger charge is -2.63. The number of nitrogens with zero attached hydrogens (tertiary/aromatic N) is 1. The number of carbonyl (C=O) groups is 1. The number of carbonyl (C=O) groups excluding carboxylic acids is 1. The minimum absolute atomic E-state index is 0.0864. The number of benzene rings is 1. The van der Waals surface area contributed by atoms with E-state index in [1.807, 2.05) is 12.1 Å². The van der Waals surface area contributed by atoms with Gasteiger partial charge in [-0.05, 0) is 36.6 Å². The molecule has 1 N–H and O–H groups in total. The van der Waals surface area contributed by atoms with Crippen molar-refractivity contribution >= 4 is 5.97 Å². The average molecular weight is 410 g/mol. The number of hydrogen-bond acceptors (Lipinski definition) is 5. The van der Waals surface area contributed by atoms with Crippen LogP contribution < -0.4 is 9.47 Å². The number of hydrogen-bond donors (Lipinski definition) is 1. The Morgan fingerprint density at radius 3 is 2.83 bits per heavy atom. The van der Waals surface area contributed by atoms with Gasteiger partial charge in [-0.2, -0.15) is 0 Å². The van der Waals surface area contributed by atoms with Crippen LogP contribution in [0.5, 0.6) is 11.5 Å². The fourth-order valence-corrected chi connectivity index (χ4v) is 7.35. The van der Waals surface area contributed by atoms with Gasteiger partial charge in [-0.25, -0.2) is 0 Å². The molecule has 1 saturated carbocycles. The van der Waals surface area contributed by atoms with Gasteiger partial charge in [-0.3, -0.25) is 4.79 Å². The van der Waals surface area contributed by atoms with Crippen LogP contribution in [0.2, 0.25) is 0 Å². The van der Waals surface area contributed by atoms with Crippen LogP contribution in [0.25, 0.3) is 0 Å². The number of ether oxygens (including phenoxy) is 3. The van der Waals surface area contributed by atoms with E-state index in [1.165, 1.54) is 25.3 Å². The Morgan fingerprint density at radius 2 is 2.13 bits per heavy atom. The molecule has 6 nitrogen and oxygen atoms in total. The Labute approximate surface area is 176 Å². The number of esters is 1. The molecular formula is C24H28NO5+. The number of epoxide rings is 1. The molecule has 7 rings (SSSR count). The van der Waals surface area contributed by atoms with Crippen LogP contribution >= 0.6 is 0 Å². The Hall–Kier alpha value is -1.89. The molecule has 2 spiro atoms. The summed E-state index contributed by atoms with van der Waals surface area (Å²) >= 11 is 0. The molecule has 6 unspecified atom stereocenters. The molecule has 0 radical (unpaired) electrons. The SMILES string of the molecule is CC(=O)Oc1ccc2c3c1OC1C4(C=CC5(O)C(C2)[N+](C)(CC2CC2)CCC315)CO4. The Balaban J connectivity index is 1.47.